The molecule has 0 aliphatic heterocycles. The van der Waals surface area contributed by atoms with Gasteiger partial charge in [0.15, 0.2) is 5.58 Å². The molecule has 0 bridgehead atoms. The van der Waals surface area contributed by atoms with E-state index in [2.05, 4.69) is 193 Å². The lowest BCUT2D eigenvalue weighted by atomic mass is 9.96. The third kappa shape index (κ3) is 6.07. The summed E-state index contributed by atoms with van der Waals surface area (Å²) in [5.41, 5.74) is 13.2. The fraction of sp³-hybridized carbons (Fsp3) is 0. The molecule has 61 heavy (non-hydrogen) atoms. The van der Waals surface area contributed by atoms with Crippen molar-refractivity contribution in [3.05, 3.63) is 218 Å². The first-order valence-electron chi connectivity index (χ1n) is 20.6. The van der Waals surface area contributed by atoms with E-state index in [9.17, 15) is 0 Å². The van der Waals surface area contributed by atoms with Crippen LogP contribution in [0.15, 0.2) is 223 Å². The van der Waals surface area contributed by atoms with Crippen molar-refractivity contribution in [3.8, 4) is 44.8 Å². The van der Waals surface area contributed by atoms with Gasteiger partial charge in [-0.3, -0.25) is 0 Å². The molecule has 0 N–H and O–H groups in total. The maximum absolute atomic E-state index is 6.54. The maximum Gasteiger partial charge on any atom is 0.227 e. The first kappa shape index (κ1) is 35.2. The Morgan fingerprint density at radius 3 is 1.64 bits per heavy atom. The van der Waals surface area contributed by atoms with Gasteiger partial charge in [-0.15, -0.1) is 11.3 Å². The molecule has 0 amide bonds. The lowest BCUT2D eigenvalue weighted by molar-refractivity contribution is 0.623. The second-order valence-electron chi connectivity index (χ2n) is 15.5. The molecule has 4 heteroatoms. The summed E-state index contributed by atoms with van der Waals surface area (Å²) in [5, 5.41) is 7.06. The van der Waals surface area contributed by atoms with E-state index >= 15 is 0 Å². The molecule has 0 fully saturated rings. The zero-order valence-electron chi connectivity index (χ0n) is 33.0. The minimum Gasteiger partial charge on any atom is -0.435 e. The van der Waals surface area contributed by atoms with Crippen molar-refractivity contribution in [2.75, 3.05) is 4.90 Å². The molecule has 0 saturated carbocycles. The lowest BCUT2D eigenvalue weighted by Gasteiger charge is -2.26. The summed E-state index contributed by atoms with van der Waals surface area (Å²) in [7, 11) is 0. The summed E-state index contributed by atoms with van der Waals surface area (Å²) in [6.07, 6.45) is 0. The topological polar surface area (TPSA) is 29.3 Å². The number of hydrogen-bond acceptors (Lipinski definition) is 4. The average molecular weight is 797 g/mol. The minimum absolute atomic E-state index is 0.633. The highest BCUT2D eigenvalue weighted by Gasteiger charge is 2.20. The van der Waals surface area contributed by atoms with Crippen LogP contribution in [0.3, 0.4) is 0 Å². The number of nitrogens with zero attached hydrogens (tertiary/aromatic N) is 2. The summed E-state index contributed by atoms with van der Waals surface area (Å²) in [6, 6.07) is 78.2. The second-order valence-corrected chi connectivity index (χ2v) is 16.5. The summed E-state index contributed by atoms with van der Waals surface area (Å²) in [6.45, 7) is 0. The van der Waals surface area contributed by atoms with Crippen LogP contribution in [-0.4, -0.2) is 4.98 Å². The molecule has 12 rings (SSSR count). The first-order valence-corrected chi connectivity index (χ1v) is 21.4. The highest BCUT2D eigenvalue weighted by molar-refractivity contribution is 7.27. The molecule has 0 atom stereocenters. The van der Waals surface area contributed by atoms with E-state index in [1.54, 1.807) is 0 Å². The van der Waals surface area contributed by atoms with Crippen LogP contribution in [-0.2, 0) is 0 Å². The van der Waals surface area contributed by atoms with Crippen molar-refractivity contribution < 1.29 is 4.42 Å². The Morgan fingerprint density at radius 2 is 0.934 bits per heavy atom. The van der Waals surface area contributed by atoms with Crippen LogP contribution < -0.4 is 4.90 Å². The van der Waals surface area contributed by atoms with Gasteiger partial charge in [0, 0.05) is 37.8 Å². The molecule has 0 saturated heterocycles. The van der Waals surface area contributed by atoms with Crippen molar-refractivity contribution >= 4 is 81.2 Å². The smallest absolute Gasteiger partial charge is 0.227 e. The normalized spacial score (nSPS) is 11.6. The van der Waals surface area contributed by atoms with Crippen LogP contribution in [0.25, 0.3) is 97.7 Å². The molecule has 10 aromatic carbocycles. The molecule has 0 spiro atoms. The third-order valence-corrected chi connectivity index (χ3v) is 13.2. The monoisotopic (exact) mass is 796 g/mol. The summed E-state index contributed by atoms with van der Waals surface area (Å²) < 4.78 is 9.10. The van der Waals surface area contributed by atoms with Crippen molar-refractivity contribution in [2.45, 2.75) is 0 Å². The number of aromatic nitrogens is 1. The Kier molecular flexibility index (Phi) is 8.36. The Morgan fingerprint density at radius 1 is 0.393 bits per heavy atom. The van der Waals surface area contributed by atoms with E-state index in [1.165, 1.54) is 42.4 Å². The Balaban J connectivity index is 0.989. The van der Waals surface area contributed by atoms with E-state index in [0.29, 0.717) is 5.89 Å². The van der Waals surface area contributed by atoms with Gasteiger partial charge in [-0.1, -0.05) is 164 Å². The van der Waals surface area contributed by atoms with Crippen molar-refractivity contribution in [1.29, 1.82) is 0 Å². The number of anilines is 3. The van der Waals surface area contributed by atoms with Gasteiger partial charge < -0.3 is 9.32 Å². The molecule has 0 radical (unpaired) electrons. The Bertz CT molecular complexity index is 3560. The van der Waals surface area contributed by atoms with Crippen molar-refractivity contribution in [1.82, 2.24) is 4.98 Å². The van der Waals surface area contributed by atoms with Crippen LogP contribution in [0.5, 0.6) is 0 Å². The van der Waals surface area contributed by atoms with Crippen LogP contribution in [0, 0.1) is 0 Å². The number of rotatable bonds is 7. The van der Waals surface area contributed by atoms with E-state index in [4.69, 9.17) is 9.40 Å². The van der Waals surface area contributed by atoms with Gasteiger partial charge in [0.2, 0.25) is 5.89 Å². The van der Waals surface area contributed by atoms with Crippen molar-refractivity contribution in [3.63, 3.8) is 0 Å². The average Bonchev–Trinajstić information content (AvgIpc) is 3.96. The number of thiophene rings is 1. The maximum atomic E-state index is 6.54. The zero-order valence-corrected chi connectivity index (χ0v) is 33.8. The SMILES string of the molecule is c1ccc(-c2ccc(N(c3ccc(-c4ccc5ccc6ccc7nc(-c8ccccc8)oc7c6c5c4)cc3)c3cccc4c3sc3c(-c5ccccc5)cccc34)cc2)cc1. The second kappa shape index (κ2) is 14.5. The molecule has 0 unspecified atom stereocenters. The predicted octanol–water partition coefficient (Wildman–Crippen LogP) is 16.6. The fourth-order valence-electron chi connectivity index (χ4n) is 8.90. The van der Waals surface area contributed by atoms with Crippen LogP contribution >= 0.6 is 11.3 Å². The summed E-state index contributed by atoms with van der Waals surface area (Å²) in [5.74, 6) is 0.633. The number of fused-ring (bicyclic) bond motifs is 8. The van der Waals surface area contributed by atoms with E-state index in [0.717, 1.165) is 66.4 Å². The molecule has 2 heterocycles. The molecule has 286 valence electrons. The Hall–Kier alpha value is -7.79. The predicted molar refractivity (Wildman–Crippen MR) is 258 cm³/mol. The molecule has 0 aliphatic carbocycles. The van der Waals surface area contributed by atoms with E-state index < -0.39 is 0 Å². The van der Waals surface area contributed by atoms with Gasteiger partial charge in [-0.05, 0) is 104 Å². The lowest BCUT2D eigenvalue weighted by Crippen LogP contribution is -2.10. The highest BCUT2D eigenvalue weighted by Crippen LogP contribution is 2.47. The Labute approximate surface area is 357 Å². The molecular formula is C57H36N2OS. The largest absolute Gasteiger partial charge is 0.435 e. The van der Waals surface area contributed by atoms with Gasteiger partial charge in [-0.2, -0.15) is 0 Å². The van der Waals surface area contributed by atoms with E-state index in [-0.39, 0.29) is 0 Å². The molecule has 12 aromatic rings. The first-order chi connectivity index (χ1) is 30.2. The standard InChI is InChI=1S/C57H36N2OS/c1-4-12-37(13-5-1)38-26-31-45(32-27-38)59(52-21-11-20-49-48-19-10-18-47(55(48)61-56(49)52)40-14-6-2-7-15-40)46-33-28-39(29-34-46)44-25-23-41-22-24-42-30-35-51-54(53(42)50(41)36-44)60-57(58-51)43-16-8-3-9-17-43/h1-36H. The fourth-order valence-corrected chi connectivity index (χ4v) is 10.2. The van der Waals surface area contributed by atoms with Gasteiger partial charge in [0.25, 0.3) is 0 Å². The molecule has 0 aliphatic rings. The van der Waals surface area contributed by atoms with Gasteiger partial charge in [-0.25, -0.2) is 4.98 Å². The number of benzene rings is 10. The number of oxazole rings is 1. The summed E-state index contributed by atoms with van der Waals surface area (Å²) in [4.78, 5) is 7.31. The van der Waals surface area contributed by atoms with Gasteiger partial charge in [0.1, 0.15) is 5.52 Å². The van der Waals surface area contributed by atoms with Gasteiger partial charge in [0.05, 0.1) is 10.4 Å². The molecule has 3 nitrogen and oxygen atoms in total. The van der Waals surface area contributed by atoms with E-state index in [1.807, 2.05) is 41.7 Å². The quantitative estimate of drug-likeness (QED) is 0.150. The van der Waals surface area contributed by atoms with Gasteiger partial charge >= 0.3 is 0 Å². The van der Waals surface area contributed by atoms with Crippen molar-refractivity contribution in [2.24, 2.45) is 0 Å². The minimum atomic E-state index is 0.633. The number of hydrogen-bond donors (Lipinski definition) is 0. The van der Waals surface area contributed by atoms with Crippen LogP contribution in [0.1, 0.15) is 0 Å². The zero-order chi connectivity index (χ0) is 40.3. The third-order valence-electron chi connectivity index (χ3n) is 11.9. The highest BCUT2D eigenvalue weighted by atomic mass is 32.1. The summed E-state index contributed by atoms with van der Waals surface area (Å²) >= 11 is 1.88. The molecule has 2 aromatic heterocycles. The molecular weight excluding hydrogens is 761 g/mol. The van der Waals surface area contributed by atoms with Crippen LogP contribution in [0.4, 0.5) is 17.1 Å². The van der Waals surface area contributed by atoms with Crippen LogP contribution in [0.2, 0.25) is 0 Å².